The molecular weight excluding hydrogens is 230 g/mol. The minimum atomic E-state index is -0.334. The molecule has 0 radical (unpaired) electrons. The summed E-state index contributed by atoms with van der Waals surface area (Å²) in [7, 11) is 1.57. The maximum Gasteiger partial charge on any atom is 0.415 e. The van der Waals surface area contributed by atoms with Gasteiger partial charge in [-0.1, -0.05) is 19.1 Å². The molecule has 0 unspecified atom stereocenters. The topological polar surface area (TPSA) is 38.8 Å². The molecule has 0 aromatic heterocycles. The Morgan fingerprint density at radius 3 is 2.39 bits per heavy atom. The molecule has 4 nitrogen and oxygen atoms in total. The molecule has 0 bridgehead atoms. The van der Waals surface area contributed by atoms with Crippen molar-refractivity contribution in [3.8, 4) is 11.5 Å². The van der Waals surface area contributed by atoms with Crippen molar-refractivity contribution in [3.63, 3.8) is 0 Å². The smallest absolute Gasteiger partial charge is 0.415 e. The van der Waals surface area contributed by atoms with E-state index < -0.39 is 0 Å². The monoisotopic (exact) mass is 251 g/mol. The van der Waals surface area contributed by atoms with Gasteiger partial charge in [0.2, 0.25) is 0 Å². The van der Waals surface area contributed by atoms with Gasteiger partial charge in [-0.25, -0.2) is 4.79 Å². The van der Waals surface area contributed by atoms with Crippen LogP contribution in [0, 0.1) is 0 Å². The summed E-state index contributed by atoms with van der Waals surface area (Å²) >= 11 is 0. The van der Waals surface area contributed by atoms with Gasteiger partial charge in [-0.15, -0.1) is 0 Å². The molecule has 18 heavy (non-hydrogen) atoms. The van der Waals surface area contributed by atoms with E-state index in [9.17, 15) is 4.79 Å². The summed E-state index contributed by atoms with van der Waals surface area (Å²) in [6.45, 7) is 7.13. The van der Waals surface area contributed by atoms with Gasteiger partial charge < -0.3 is 14.4 Å². The second-order valence-electron chi connectivity index (χ2n) is 3.84. The van der Waals surface area contributed by atoms with Gasteiger partial charge in [0.25, 0.3) is 0 Å². The highest BCUT2D eigenvalue weighted by molar-refractivity contribution is 5.72. The standard InChI is InChI=1S/C14H21NO3/c1-5-11-9-8-10-12(17-4)13(11)18-14(16)15(6-2)7-3/h8-10H,5-7H2,1-4H3. The van der Waals surface area contributed by atoms with Crippen LogP contribution in [-0.2, 0) is 6.42 Å². The zero-order valence-electron chi connectivity index (χ0n) is 11.5. The predicted octanol–water partition coefficient (Wildman–Crippen LogP) is 3.10. The summed E-state index contributed by atoms with van der Waals surface area (Å²) in [5.41, 5.74) is 0.967. The Hall–Kier alpha value is -1.71. The van der Waals surface area contributed by atoms with Gasteiger partial charge in [0, 0.05) is 13.1 Å². The van der Waals surface area contributed by atoms with Crippen LogP contribution in [0.15, 0.2) is 18.2 Å². The molecule has 0 fully saturated rings. The van der Waals surface area contributed by atoms with Crippen molar-refractivity contribution in [2.24, 2.45) is 0 Å². The minimum Gasteiger partial charge on any atom is -0.493 e. The Balaban J connectivity index is 2.98. The zero-order valence-corrected chi connectivity index (χ0v) is 11.5. The molecule has 0 N–H and O–H groups in total. The molecule has 4 heteroatoms. The van der Waals surface area contributed by atoms with Gasteiger partial charge in [-0.05, 0) is 31.9 Å². The molecule has 0 aliphatic rings. The number of nitrogens with zero attached hydrogens (tertiary/aromatic N) is 1. The van der Waals surface area contributed by atoms with E-state index in [-0.39, 0.29) is 6.09 Å². The third kappa shape index (κ3) is 3.15. The van der Waals surface area contributed by atoms with Gasteiger partial charge in [-0.2, -0.15) is 0 Å². The molecule has 1 rings (SSSR count). The maximum atomic E-state index is 12.0. The van der Waals surface area contributed by atoms with E-state index in [1.54, 1.807) is 18.1 Å². The van der Waals surface area contributed by atoms with Crippen molar-refractivity contribution in [1.29, 1.82) is 0 Å². The summed E-state index contributed by atoms with van der Waals surface area (Å²) in [5, 5.41) is 0. The number of amides is 1. The van der Waals surface area contributed by atoms with Crippen LogP contribution in [-0.4, -0.2) is 31.2 Å². The third-order valence-corrected chi connectivity index (χ3v) is 2.87. The highest BCUT2D eigenvalue weighted by Gasteiger charge is 2.17. The molecule has 0 saturated carbocycles. The highest BCUT2D eigenvalue weighted by Crippen LogP contribution is 2.31. The van der Waals surface area contributed by atoms with E-state index in [0.717, 1.165) is 12.0 Å². The fourth-order valence-corrected chi connectivity index (χ4v) is 1.75. The molecule has 100 valence electrons. The molecule has 1 amide bonds. The lowest BCUT2D eigenvalue weighted by atomic mass is 10.1. The first kappa shape index (κ1) is 14.4. The van der Waals surface area contributed by atoms with Crippen molar-refractivity contribution >= 4 is 6.09 Å². The van der Waals surface area contributed by atoms with Gasteiger partial charge in [0.05, 0.1) is 7.11 Å². The van der Waals surface area contributed by atoms with Crippen LogP contribution >= 0.6 is 0 Å². The van der Waals surface area contributed by atoms with Gasteiger partial charge in [-0.3, -0.25) is 0 Å². The fraction of sp³-hybridized carbons (Fsp3) is 0.500. The largest absolute Gasteiger partial charge is 0.493 e. The number of ether oxygens (including phenoxy) is 2. The van der Waals surface area contributed by atoms with Crippen LogP contribution in [0.4, 0.5) is 4.79 Å². The SMILES string of the molecule is CCc1cccc(OC)c1OC(=O)N(CC)CC. The number of carbonyl (C=O) groups excluding carboxylic acids is 1. The van der Waals surface area contributed by atoms with Crippen molar-refractivity contribution in [1.82, 2.24) is 4.90 Å². The van der Waals surface area contributed by atoms with Crippen LogP contribution in [0.5, 0.6) is 11.5 Å². The second kappa shape index (κ2) is 6.89. The Labute approximate surface area is 108 Å². The van der Waals surface area contributed by atoms with Crippen molar-refractivity contribution < 1.29 is 14.3 Å². The van der Waals surface area contributed by atoms with Crippen LogP contribution in [0.3, 0.4) is 0 Å². The number of aryl methyl sites for hydroxylation is 1. The normalized spacial score (nSPS) is 10.0. The Morgan fingerprint density at radius 2 is 1.89 bits per heavy atom. The van der Waals surface area contributed by atoms with Crippen molar-refractivity contribution in [3.05, 3.63) is 23.8 Å². The van der Waals surface area contributed by atoms with E-state index in [4.69, 9.17) is 9.47 Å². The quantitative estimate of drug-likeness (QED) is 0.807. The first-order valence-corrected chi connectivity index (χ1v) is 6.30. The van der Waals surface area contributed by atoms with E-state index in [1.807, 2.05) is 32.9 Å². The Bertz CT molecular complexity index is 378. The number of hydrogen-bond donors (Lipinski definition) is 0. The summed E-state index contributed by atoms with van der Waals surface area (Å²) in [4.78, 5) is 13.6. The highest BCUT2D eigenvalue weighted by atomic mass is 16.6. The number of carbonyl (C=O) groups is 1. The van der Waals surface area contributed by atoms with E-state index in [0.29, 0.717) is 24.6 Å². The van der Waals surface area contributed by atoms with Crippen LogP contribution < -0.4 is 9.47 Å². The lowest BCUT2D eigenvalue weighted by molar-refractivity contribution is 0.155. The van der Waals surface area contributed by atoms with E-state index >= 15 is 0 Å². The molecular formula is C14H21NO3. The number of rotatable bonds is 5. The van der Waals surface area contributed by atoms with Crippen molar-refractivity contribution in [2.45, 2.75) is 27.2 Å². The third-order valence-electron chi connectivity index (χ3n) is 2.87. The Kier molecular flexibility index (Phi) is 5.49. The number of hydrogen-bond acceptors (Lipinski definition) is 3. The summed E-state index contributed by atoms with van der Waals surface area (Å²) in [6, 6.07) is 5.63. The average molecular weight is 251 g/mol. The zero-order chi connectivity index (χ0) is 13.5. The number of methoxy groups -OCH3 is 1. The van der Waals surface area contributed by atoms with Crippen LogP contribution in [0.1, 0.15) is 26.3 Å². The van der Waals surface area contributed by atoms with Crippen molar-refractivity contribution in [2.75, 3.05) is 20.2 Å². The molecule has 0 aliphatic carbocycles. The lowest BCUT2D eigenvalue weighted by Crippen LogP contribution is -2.33. The second-order valence-corrected chi connectivity index (χ2v) is 3.84. The average Bonchev–Trinajstić information content (AvgIpc) is 2.40. The van der Waals surface area contributed by atoms with E-state index in [1.165, 1.54) is 0 Å². The van der Waals surface area contributed by atoms with Gasteiger partial charge in [0.1, 0.15) is 0 Å². The number of benzene rings is 1. The maximum absolute atomic E-state index is 12.0. The van der Waals surface area contributed by atoms with Crippen LogP contribution in [0.25, 0.3) is 0 Å². The Morgan fingerprint density at radius 1 is 1.22 bits per heavy atom. The minimum absolute atomic E-state index is 0.334. The molecule has 0 heterocycles. The molecule has 0 atom stereocenters. The lowest BCUT2D eigenvalue weighted by Gasteiger charge is -2.20. The first-order valence-electron chi connectivity index (χ1n) is 6.30. The summed E-state index contributed by atoms with van der Waals surface area (Å²) in [6.07, 6.45) is 0.456. The summed E-state index contributed by atoms with van der Waals surface area (Å²) in [5.74, 6) is 1.12. The predicted molar refractivity (Wildman–Crippen MR) is 71.3 cm³/mol. The molecule has 0 saturated heterocycles. The molecule has 1 aromatic carbocycles. The first-order chi connectivity index (χ1) is 8.67. The van der Waals surface area contributed by atoms with E-state index in [2.05, 4.69) is 0 Å². The van der Waals surface area contributed by atoms with Crippen LogP contribution in [0.2, 0.25) is 0 Å². The molecule has 0 spiro atoms. The fourth-order valence-electron chi connectivity index (χ4n) is 1.75. The summed E-state index contributed by atoms with van der Waals surface area (Å²) < 4.78 is 10.7. The molecule has 0 aliphatic heterocycles. The molecule has 1 aromatic rings. The van der Waals surface area contributed by atoms with Gasteiger partial charge in [0.15, 0.2) is 11.5 Å². The number of para-hydroxylation sites is 1. The van der Waals surface area contributed by atoms with Gasteiger partial charge >= 0.3 is 6.09 Å².